The topological polar surface area (TPSA) is 113 Å². The van der Waals surface area contributed by atoms with Gasteiger partial charge in [-0.2, -0.15) is 0 Å². The van der Waals surface area contributed by atoms with Crippen molar-refractivity contribution in [1.29, 1.82) is 0 Å². The number of benzene rings is 1. The van der Waals surface area contributed by atoms with Crippen molar-refractivity contribution in [2.24, 2.45) is 5.14 Å². The molecule has 1 aromatic carbocycles. The first-order valence-corrected chi connectivity index (χ1v) is 12.7. The first-order chi connectivity index (χ1) is 15.8. The Balaban J connectivity index is 0.00000322. The highest BCUT2D eigenvalue weighted by Crippen LogP contribution is 2.20. The number of nitrogens with two attached hydrogens (primary N) is 1. The second kappa shape index (κ2) is 19.6. The van der Waals surface area contributed by atoms with Crippen LogP contribution >= 0.6 is 27.9 Å². The van der Waals surface area contributed by atoms with Crippen LogP contribution in [0.15, 0.2) is 39.8 Å². The quantitative estimate of drug-likeness (QED) is 0.0454. The number of carbonyl (C=O) groups is 2. The summed E-state index contributed by atoms with van der Waals surface area (Å²) in [4.78, 5) is 21.4. The van der Waals surface area contributed by atoms with E-state index in [0.29, 0.717) is 25.1 Å². The number of quaternary nitrogens is 1. The number of nitrogens with one attached hydrogen (secondary N) is 1. The first kappa shape index (κ1) is 31.2. The molecular weight excluding hydrogens is 506 g/mol. The monoisotopic (exact) mass is 542 g/mol. The molecule has 0 radical (unpaired) electrons. The number of unbranched alkanes of at least 4 members (excludes halogenated alkanes) is 7. The normalized spacial score (nSPS) is 12.6. The standard InChI is InChI=1S/C23H34BrN3O2S.CH2O2/c1-3-4-12-19-27(2,29)22(24)13-10-8-6-5-7-9-11-18-26-23(28)20-14-16-21(30-25)17-15-20;2-1-3/h1,13-17,29H,4-12,18-19,25H2,2H3;1H,(H,2,3)/p+1/b22-13+;. The Morgan fingerprint density at radius 3 is 2.33 bits per heavy atom. The zero-order valence-electron chi connectivity index (χ0n) is 19.3. The molecule has 7 nitrogen and oxygen atoms in total. The van der Waals surface area contributed by atoms with Gasteiger partial charge in [0.1, 0.15) is 13.6 Å². The molecule has 0 heterocycles. The number of hydrogen-bond acceptors (Lipinski definition) is 5. The molecular formula is C24H37BrN3O4S+. The van der Waals surface area contributed by atoms with Crippen molar-refractivity contribution in [2.45, 2.75) is 62.7 Å². The van der Waals surface area contributed by atoms with E-state index in [4.69, 9.17) is 21.5 Å². The Bertz CT molecular complexity index is 749. The van der Waals surface area contributed by atoms with Gasteiger partial charge in [-0.1, -0.05) is 25.7 Å². The molecule has 0 saturated heterocycles. The van der Waals surface area contributed by atoms with Crippen LogP contribution in [0.4, 0.5) is 0 Å². The SMILES string of the molecule is C#CCCC[N+](C)(O)/C(Br)=C/CCCCCCCCNC(=O)c1ccc(SN)cc1.O=CO. The van der Waals surface area contributed by atoms with E-state index in [1.165, 1.54) is 31.2 Å². The number of terminal acetylenes is 1. The minimum Gasteiger partial charge on any atom is -0.483 e. The molecule has 33 heavy (non-hydrogen) atoms. The fraction of sp³-hybridized carbons (Fsp3) is 0.500. The number of halogens is 1. The van der Waals surface area contributed by atoms with Gasteiger partial charge >= 0.3 is 0 Å². The van der Waals surface area contributed by atoms with Crippen LogP contribution in [0.5, 0.6) is 0 Å². The Morgan fingerprint density at radius 1 is 1.18 bits per heavy atom. The molecule has 0 fully saturated rings. The van der Waals surface area contributed by atoms with E-state index in [1.807, 2.05) is 12.1 Å². The van der Waals surface area contributed by atoms with Gasteiger partial charge in [0, 0.05) is 45.8 Å². The van der Waals surface area contributed by atoms with Gasteiger partial charge in [0.2, 0.25) is 4.61 Å². The van der Waals surface area contributed by atoms with Gasteiger partial charge in [0.05, 0.1) is 0 Å². The van der Waals surface area contributed by atoms with E-state index in [0.717, 1.165) is 41.6 Å². The summed E-state index contributed by atoms with van der Waals surface area (Å²) in [6.07, 6.45) is 16.5. The van der Waals surface area contributed by atoms with Crippen LogP contribution in [0.2, 0.25) is 0 Å². The number of amides is 1. The van der Waals surface area contributed by atoms with Gasteiger partial charge in [0.15, 0.2) is 0 Å². The molecule has 9 heteroatoms. The van der Waals surface area contributed by atoms with Crippen LogP contribution in [0.3, 0.4) is 0 Å². The Hall–Kier alpha value is -1.83. The van der Waals surface area contributed by atoms with Crippen molar-refractivity contribution in [3.63, 3.8) is 0 Å². The summed E-state index contributed by atoms with van der Waals surface area (Å²) in [6.45, 7) is 1.06. The van der Waals surface area contributed by atoms with Crippen LogP contribution < -0.4 is 10.5 Å². The summed E-state index contributed by atoms with van der Waals surface area (Å²) in [5.41, 5.74) is 0.667. The van der Waals surface area contributed by atoms with Crippen molar-refractivity contribution >= 4 is 40.3 Å². The summed E-state index contributed by atoms with van der Waals surface area (Å²) < 4.78 is 0.649. The largest absolute Gasteiger partial charge is 0.483 e. The average Bonchev–Trinajstić information content (AvgIpc) is 2.80. The zero-order chi connectivity index (χ0) is 25.0. The predicted molar refractivity (Wildman–Crippen MR) is 138 cm³/mol. The molecule has 0 aliphatic heterocycles. The Morgan fingerprint density at radius 2 is 1.76 bits per heavy atom. The van der Waals surface area contributed by atoms with E-state index in [2.05, 4.69) is 33.2 Å². The number of rotatable bonds is 15. The summed E-state index contributed by atoms with van der Waals surface area (Å²) >= 11 is 4.66. The summed E-state index contributed by atoms with van der Waals surface area (Å²) in [7, 11) is 1.77. The van der Waals surface area contributed by atoms with Crippen molar-refractivity contribution in [2.75, 3.05) is 20.1 Å². The van der Waals surface area contributed by atoms with E-state index >= 15 is 0 Å². The second-order valence-corrected chi connectivity index (χ2v) is 9.13. The molecule has 1 aromatic rings. The lowest BCUT2D eigenvalue weighted by Gasteiger charge is -2.23. The molecule has 0 spiro atoms. The second-order valence-electron chi connectivity index (χ2n) is 7.61. The molecule has 1 atom stereocenters. The van der Waals surface area contributed by atoms with E-state index in [9.17, 15) is 10.0 Å². The maximum Gasteiger partial charge on any atom is 0.290 e. The minimum absolute atomic E-state index is 0.0329. The van der Waals surface area contributed by atoms with Gasteiger partial charge in [-0.25, -0.2) is 5.21 Å². The molecule has 1 amide bonds. The lowest BCUT2D eigenvalue weighted by atomic mass is 10.1. The van der Waals surface area contributed by atoms with Gasteiger partial charge in [-0.05, 0) is 61.6 Å². The molecule has 184 valence electrons. The third-order valence-corrected chi connectivity index (χ3v) is 6.49. The van der Waals surface area contributed by atoms with Gasteiger partial charge in [-0.15, -0.1) is 17.0 Å². The number of carbonyl (C=O) groups excluding carboxylic acids is 1. The van der Waals surface area contributed by atoms with Crippen molar-refractivity contribution in [3.8, 4) is 12.3 Å². The zero-order valence-corrected chi connectivity index (χ0v) is 21.7. The highest BCUT2D eigenvalue weighted by atomic mass is 79.9. The van der Waals surface area contributed by atoms with Crippen molar-refractivity contribution < 1.29 is 24.5 Å². The smallest absolute Gasteiger partial charge is 0.290 e. The molecule has 0 saturated carbocycles. The third kappa shape index (κ3) is 15.6. The molecule has 1 rings (SSSR count). The van der Waals surface area contributed by atoms with Gasteiger partial charge < -0.3 is 10.4 Å². The Labute approximate surface area is 210 Å². The number of hydroxylamine groups is 3. The summed E-state index contributed by atoms with van der Waals surface area (Å²) in [6, 6.07) is 7.30. The van der Waals surface area contributed by atoms with Crippen LogP contribution in [0.25, 0.3) is 0 Å². The number of hydrogen-bond donors (Lipinski definition) is 4. The van der Waals surface area contributed by atoms with E-state index < -0.39 is 0 Å². The van der Waals surface area contributed by atoms with Crippen LogP contribution in [0, 0.1) is 12.3 Å². The van der Waals surface area contributed by atoms with E-state index in [1.54, 1.807) is 19.2 Å². The lowest BCUT2D eigenvalue weighted by molar-refractivity contribution is -1.05. The highest BCUT2D eigenvalue weighted by molar-refractivity contribution is 9.11. The molecule has 0 aliphatic carbocycles. The predicted octanol–water partition coefficient (Wildman–Crippen LogP) is 5.30. The molecule has 1 unspecified atom stereocenters. The van der Waals surface area contributed by atoms with Crippen LogP contribution in [-0.4, -0.2) is 47.5 Å². The van der Waals surface area contributed by atoms with E-state index in [-0.39, 0.29) is 17.0 Å². The molecule has 0 aromatic heterocycles. The maximum absolute atomic E-state index is 12.1. The Kier molecular flexibility index (Phi) is 18.5. The molecule has 5 N–H and O–H groups in total. The first-order valence-electron chi connectivity index (χ1n) is 11.0. The fourth-order valence-electron chi connectivity index (χ4n) is 2.98. The summed E-state index contributed by atoms with van der Waals surface area (Å²) in [5, 5.41) is 25.7. The van der Waals surface area contributed by atoms with Crippen LogP contribution in [0.1, 0.15) is 68.1 Å². The van der Waals surface area contributed by atoms with Crippen molar-refractivity contribution in [1.82, 2.24) is 5.32 Å². The van der Waals surface area contributed by atoms with Gasteiger partial charge in [0.25, 0.3) is 12.4 Å². The lowest BCUT2D eigenvalue weighted by Crippen LogP contribution is -2.38. The number of carboxylic acid groups (broad SMARTS) is 1. The molecule has 0 bridgehead atoms. The maximum atomic E-state index is 12.1. The minimum atomic E-state index is -0.250. The average molecular weight is 544 g/mol. The third-order valence-electron chi connectivity index (χ3n) is 4.86. The molecule has 0 aliphatic rings. The number of allylic oxidation sites excluding steroid dienone is 1. The summed E-state index contributed by atoms with van der Waals surface area (Å²) in [5.74, 6) is 2.57. The van der Waals surface area contributed by atoms with Gasteiger partial charge in [-0.3, -0.25) is 14.7 Å². The van der Waals surface area contributed by atoms with Crippen LogP contribution in [-0.2, 0) is 4.79 Å². The number of nitrogens with zero attached hydrogens (tertiary/aromatic N) is 1. The highest BCUT2D eigenvalue weighted by Gasteiger charge is 2.22. The van der Waals surface area contributed by atoms with Crippen molar-refractivity contribution in [3.05, 3.63) is 40.5 Å². The fourth-order valence-corrected chi connectivity index (χ4v) is 3.68.